The number of amides is 3. The largest absolute Gasteiger partial charge is 1.00 e. The summed E-state index contributed by atoms with van der Waals surface area (Å²) in [5.74, 6) is -0.333. The molecule has 1 rings (SSSR count). The van der Waals surface area contributed by atoms with E-state index in [1.165, 1.54) is 97.5 Å². The van der Waals surface area contributed by atoms with Gasteiger partial charge in [-0.2, -0.15) is 0 Å². The van der Waals surface area contributed by atoms with Crippen molar-refractivity contribution in [2.45, 2.75) is 155 Å². The number of unbranched alkanes of at least 4 members (excludes halogenated alkanes) is 15. The molecule has 1 aliphatic rings. The number of quaternary nitrogens is 1. The van der Waals surface area contributed by atoms with Crippen LogP contribution in [0.3, 0.4) is 0 Å². The molecule has 0 saturated carbocycles. The minimum atomic E-state index is -0.682. The van der Waals surface area contributed by atoms with E-state index in [2.05, 4.69) is 26.2 Å². The number of piperidine rings is 1. The number of nitrogens with zero attached hydrogens (tertiary/aromatic N) is 2. The molecule has 0 aromatic rings. The van der Waals surface area contributed by atoms with E-state index in [4.69, 9.17) is 14.2 Å². The average molecular weight is 648 g/mol. The minimum Gasteiger partial charge on any atom is -1.00 e. The fourth-order valence-electron chi connectivity index (χ4n) is 5.85. The van der Waals surface area contributed by atoms with E-state index >= 15 is 0 Å². The first-order valence-electron chi connectivity index (χ1n) is 17.5. The average Bonchev–Trinajstić information content (AvgIpc) is 2.99. The third-order valence-corrected chi connectivity index (χ3v) is 9.12. The van der Waals surface area contributed by atoms with Crippen LogP contribution in [0.1, 0.15) is 143 Å². The zero-order valence-electron chi connectivity index (χ0n) is 28.8. The molecule has 0 radical (unpaired) electrons. The standard InChI is InChI=1S/C34H65N3O6.ClH/c1-6-8-9-10-11-12-13-14-15-16-17-18-19-20-21-23-26-36(30(3)38)34(40)43-29-31(41-5)28-42-33(39)35-32-25-22-24-27-37(32,4)7-2;/h31-32H,6-29H2,1-5H3;1H. The number of methoxy groups -OCH3 is 1. The lowest BCUT2D eigenvalue weighted by atomic mass is 10.0. The number of carbonyl (C=O) groups is 3. The first-order valence-corrected chi connectivity index (χ1v) is 17.5. The Labute approximate surface area is 275 Å². The summed E-state index contributed by atoms with van der Waals surface area (Å²) in [5, 5.41) is 3.00. The van der Waals surface area contributed by atoms with Gasteiger partial charge in [0, 0.05) is 27.0 Å². The van der Waals surface area contributed by atoms with Gasteiger partial charge in [0.1, 0.15) is 19.3 Å². The summed E-state index contributed by atoms with van der Waals surface area (Å²) >= 11 is 0. The molecule has 260 valence electrons. The van der Waals surface area contributed by atoms with Gasteiger partial charge < -0.3 is 31.1 Å². The molecule has 0 bridgehead atoms. The normalized spacial score (nSPS) is 18.6. The number of halogens is 1. The van der Waals surface area contributed by atoms with Crippen LogP contribution in [0.25, 0.3) is 0 Å². The Hall–Kier alpha value is -1.58. The Balaban J connectivity index is 0.0000185. The lowest BCUT2D eigenvalue weighted by Crippen LogP contribution is -3.00. The van der Waals surface area contributed by atoms with Gasteiger partial charge in [-0.3, -0.25) is 10.1 Å². The maximum absolute atomic E-state index is 12.6. The molecule has 0 spiro atoms. The number of alkyl carbamates (subject to hydrolysis) is 1. The Kier molecular flexibility index (Phi) is 25.7. The predicted octanol–water partition coefficient (Wildman–Crippen LogP) is 4.95. The third kappa shape index (κ3) is 19.1. The highest BCUT2D eigenvalue weighted by atomic mass is 35.5. The van der Waals surface area contributed by atoms with Crippen LogP contribution >= 0.6 is 0 Å². The molecule has 0 aromatic carbocycles. The highest BCUT2D eigenvalue weighted by Gasteiger charge is 2.35. The number of carbonyl (C=O) groups excluding carboxylic acids is 3. The second-order valence-electron chi connectivity index (χ2n) is 12.7. The van der Waals surface area contributed by atoms with E-state index in [0.29, 0.717) is 6.54 Å². The summed E-state index contributed by atoms with van der Waals surface area (Å²) in [4.78, 5) is 38.3. The van der Waals surface area contributed by atoms with Crippen molar-refractivity contribution < 1.29 is 45.5 Å². The molecule has 10 heteroatoms. The third-order valence-electron chi connectivity index (χ3n) is 9.12. The number of ether oxygens (including phenoxy) is 3. The number of rotatable bonds is 24. The van der Waals surface area contributed by atoms with Gasteiger partial charge in [0.2, 0.25) is 5.91 Å². The second-order valence-corrected chi connectivity index (χ2v) is 12.7. The Morgan fingerprint density at radius 1 is 0.795 bits per heavy atom. The molecule has 1 fully saturated rings. The van der Waals surface area contributed by atoms with E-state index in [0.717, 1.165) is 61.0 Å². The summed E-state index contributed by atoms with van der Waals surface area (Å²) in [6.07, 6.45) is 21.8. The van der Waals surface area contributed by atoms with Crippen LogP contribution in [0.2, 0.25) is 0 Å². The Bertz CT molecular complexity index is 759. The van der Waals surface area contributed by atoms with Crippen molar-refractivity contribution in [1.29, 1.82) is 0 Å². The Morgan fingerprint density at radius 2 is 1.30 bits per heavy atom. The fourth-order valence-corrected chi connectivity index (χ4v) is 5.85. The predicted molar refractivity (Wildman–Crippen MR) is 173 cm³/mol. The van der Waals surface area contributed by atoms with Crippen LogP contribution in [-0.4, -0.2) is 86.8 Å². The van der Waals surface area contributed by atoms with Crippen molar-refractivity contribution in [2.75, 3.05) is 47.0 Å². The van der Waals surface area contributed by atoms with Crippen LogP contribution in [0.4, 0.5) is 9.59 Å². The topological polar surface area (TPSA) is 94.2 Å². The van der Waals surface area contributed by atoms with Gasteiger partial charge in [-0.15, -0.1) is 0 Å². The molecule has 3 amide bonds. The maximum atomic E-state index is 12.6. The summed E-state index contributed by atoms with van der Waals surface area (Å²) < 4.78 is 16.9. The second kappa shape index (κ2) is 26.6. The zero-order valence-corrected chi connectivity index (χ0v) is 29.6. The molecule has 0 aromatic heterocycles. The minimum absolute atomic E-state index is 0. The van der Waals surface area contributed by atoms with E-state index in [9.17, 15) is 14.4 Å². The highest BCUT2D eigenvalue weighted by Crippen LogP contribution is 2.22. The van der Waals surface area contributed by atoms with Crippen LogP contribution < -0.4 is 17.7 Å². The van der Waals surface area contributed by atoms with Crippen LogP contribution in [0.15, 0.2) is 0 Å². The number of hydrogen-bond donors (Lipinski definition) is 1. The van der Waals surface area contributed by atoms with Crippen molar-refractivity contribution in [1.82, 2.24) is 10.2 Å². The van der Waals surface area contributed by atoms with Crippen molar-refractivity contribution in [3.63, 3.8) is 0 Å². The number of hydrogen-bond acceptors (Lipinski definition) is 6. The van der Waals surface area contributed by atoms with Crippen LogP contribution in [-0.2, 0) is 19.0 Å². The molecule has 0 aliphatic carbocycles. The molecule has 1 aliphatic heterocycles. The highest BCUT2D eigenvalue weighted by molar-refractivity contribution is 5.90. The molecule has 3 unspecified atom stereocenters. The quantitative estimate of drug-likeness (QED) is 0.118. The number of nitrogens with one attached hydrogen (secondary N) is 1. The van der Waals surface area contributed by atoms with Crippen LogP contribution in [0.5, 0.6) is 0 Å². The lowest BCUT2D eigenvalue weighted by molar-refractivity contribution is -0.938. The van der Waals surface area contributed by atoms with Gasteiger partial charge in [-0.1, -0.05) is 103 Å². The van der Waals surface area contributed by atoms with Gasteiger partial charge >= 0.3 is 12.2 Å². The lowest BCUT2D eigenvalue weighted by Gasteiger charge is -2.43. The molecule has 1 heterocycles. The van der Waals surface area contributed by atoms with Gasteiger partial charge in [0.05, 0.1) is 20.1 Å². The first-order chi connectivity index (χ1) is 20.8. The van der Waals surface area contributed by atoms with Crippen molar-refractivity contribution in [2.24, 2.45) is 0 Å². The summed E-state index contributed by atoms with van der Waals surface area (Å²) in [5.41, 5.74) is 0. The Morgan fingerprint density at radius 3 is 1.77 bits per heavy atom. The molecule has 9 nitrogen and oxygen atoms in total. The fraction of sp³-hybridized carbons (Fsp3) is 0.912. The number of imide groups is 1. The van der Waals surface area contributed by atoms with Gasteiger partial charge in [-0.05, 0) is 26.2 Å². The molecular weight excluding hydrogens is 582 g/mol. The van der Waals surface area contributed by atoms with Gasteiger partial charge in [-0.25, -0.2) is 14.5 Å². The molecular formula is C34H66ClN3O6. The van der Waals surface area contributed by atoms with E-state index in [1.54, 1.807) is 0 Å². The van der Waals surface area contributed by atoms with Crippen molar-refractivity contribution in [3.8, 4) is 0 Å². The van der Waals surface area contributed by atoms with Crippen molar-refractivity contribution in [3.05, 3.63) is 0 Å². The molecule has 1 saturated heterocycles. The zero-order chi connectivity index (χ0) is 31.8. The van der Waals surface area contributed by atoms with Gasteiger partial charge in [0.15, 0.2) is 6.17 Å². The first kappa shape index (κ1) is 42.4. The van der Waals surface area contributed by atoms with Crippen molar-refractivity contribution >= 4 is 18.1 Å². The van der Waals surface area contributed by atoms with E-state index < -0.39 is 18.3 Å². The van der Waals surface area contributed by atoms with E-state index in [-0.39, 0.29) is 37.7 Å². The van der Waals surface area contributed by atoms with E-state index in [1.807, 2.05) is 0 Å². The molecule has 3 atom stereocenters. The SMILES string of the molecule is CCCCCCCCCCCCCCCCCCN(C(C)=O)C(=O)OCC(COC(=O)NC1CCCC[N+]1(C)CC)OC.[Cl-]. The summed E-state index contributed by atoms with van der Waals surface area (Å²) in [6, 6.07) is 0. The monoisotopic (exact) mass is 647 g/mol. The molecule has 44 heavy (non-hydrogen) atoms. The summed E-state index contributed by atoms with van der Waals surface area (Å²) in [7, 11) is 3.63. The van der Waals surface area contributed by atoms with Gasteiger partial charge in [0.25, 0.3) is 0 Å². The molecule has 1 N–H and O–H groups in total. The number of likely N-dealkylation sites (tertiary alicyclic amines) is 1. The van der Waals surface area contributed by atoms with Crippen LogP contribution in [0, 0.1) is 0 Å². The maximum Gasteiger partial charge on any atom is 0.416 e. The smallest absolute Gasteiger partial charge is 0.416 e. The summed E-state index contributed by atoms with van der Waals surface area (Å²) in [6.45, 7) is 7.95.